The molecule has 21 heavy (non-hydrogen) atoms. The third-order valence-electron chi connectivity index (χ3n) is 3.77. The van der Waals surface area contributed by atoms with Gasteiger partial charge in [0.25, 0.3) is 5.69 Å². The SMILES string of the molecule is Cc1nc(N2CCN(CC(C)O)CC2C)ccc1[N+](=O)[O-]. The average molecular weight is 294 g/mol. The molecule has 1 N–H and O–H groups in total. The number of aliphatic hydroxyl groups excluding tert-OH is 1. The van der Waals surface area contributed by atoms with Crippen LogP contribution in [0.5, 0.6) is 0 Å². The molecule has 2 rings (SSSR count). The van der Waals surface area contributed by atoms with Crippen LogP contribution in [0.2, 0.25) is 0 Å². The Kier molecular flexibility index (Phi) is 4.74. The van der Waals surface area contributed by atoms with Crippen molar-refractivity contribution in [1.29, 1.82) is 0 Å². The Morgan fingerprint density at radius 3 is 2.76 bits per heavy atom. The summed E-state index contributed by atoms with van der Waals surface area (Å²) in [4.78, 5) is 19.2. The van der Waals surface area contributed by atoms with E-state index in [-0.39, 0.29) is 17.8 Å². The number of aromatic nitrogens is 1. The molecule has 7 nitrogen and oxygen atoms in total. The highest BCUT2D eigenvalue weighted by Gasteiger charge is 2.26. The molecule has 0 bridgehead atoms. The average Bonchev–Trinajstić information content (AvgIpc) is 2.37. The topological polar surface area (TPSA) is 82.7 Å². The van der Waals surface area contributed by atoms with E-state index in [1.807, 2.05) is 0 Å². The van der Waals surface area contributed by atoms with E-state index in [1.165, 1.54) is 6.07 Å². The maximum absolute atomic E-state index is 10.8. The molecule has 116 valence electrons. The van der Waals surface area contributed by atoms with Gasteiger partial charge >= 0.3 is 0 Å². The molecule has 1 saturated heterocycles. The fourth-order valence-electron chi connectivity index (χ4n) is 2.81. The van der Waals surface area contributed by atoms with Crippen molar-refractivity contribution in [2.24, 2.45) is 0 Å². The number of hydrogen-bond acceptors (Lipinski definition) is 6. The molecule has 2 unspecified atom stereocenters. The van der Waals surface area contributed by atoms with Gasteiger partial charge in [-0.3, -0.25) is 15.0 Å². The van der Waals surface area contributed by atoms with Crippen molar-refractivity contribution < 1.29 is 10.0 Å². The van der Waals surface area contributed by atoms with Gasteiger partial charge in [0.05, 0.1) is 11.0 Å². The molecule has 7 heteroatoms. The summed E-state index contributed by atoms with van der Waals surface area (Å²) in [6.45, 7) is 8.74. The Morgan fingerprint density at radius 1 is 1.52 bits per heavy atom. The zero-order valence-electron chi connectivity index (χ0n) is 12.7. The molecular weight excluding hydrogens is 272 g/mol. The molecule has 0 radical (unpaired) electrons. The summed E-state index contributed by atoms with van der Waals surface area (Å²) in [6, 6.07) is 3.49. The Bertz CT molecular complexity index is 521. The number of β-amino-alcohol motifs (C(OH)–C–C–N with tert-alkyl or cyclic N) is 1. The summed E-state index contributed by atoms with van der Waals surface area (Å²) in [5.74, 6) is 0.780. The van der Waals surface area contributed by atoms with Crippen LogP contribution in [0.25, 0.3) is 0 Å². The number of pyridine rings is 1. The standard InChI is InChI=1S/C14H22N4O3/c1-10-8-16(9-11(2)19)6-7-17(10)14-5-4-13(18(20)21)12(3)15-14/h4-5,10-11,19H,6-9H2,1-3H3. The zero-order chi connectivity index (χ0) is 15.6. The van der Waals surface area contributed by atoms with Gasteiger partial charge < -0.3 is 10.0 Å². The van der Waals surface area contributed by atoms with Gasteiger partial charge in [-0.2, -0.15) is 0 Å². The molecule has 2 heterocycles. The van der Waals surface area contributed by atoms with Crippen LogP contribution >= 0.6 is 0 Å². The first-order valence-corrected chi connectivity index (χ1v) is 7.17. The van der Waals surface area contributed by atoms with Gasteiger partial charge in [0.15, 0.2) is 0 Å². The molecule has 0 amide bonds. The number of rotatable bonds is 4. The second kappa shape index (κ2) is 6.36. The van der Waals surface area contributed by atoms with Crippen molar-refractivity contribution in [2.45, 2.75) is 32.9 Å². The molecule has 1 fully saturated rings. The Balaban J connectivity index is 2.09. The van der Waals surface area contributed by atoms with Crippen molar-refractivity contribution in [3.05, 3.63) is 27.9 Å². The maximum Gasteiger partial charge on any atom is 0.290 e. The van der Waals surface area contributed by atoms with Gasteiger partial charge in [0.2, 0.25) is 0 Å². The van der Waals surface area contributed by atoms with Gasteiger partial charge in [-0.25, -0.2) is 4.98 Å². The van der Waals surface area contributed by atoms with E-state index in [0.29, 0.717) is 12.2 Å². The van der Waals surface area contributed by atoms with Crippen molar-refractivity contribution in [3.8, 4) is 0 Å². The van der Waals surface area contributed by atoms with Gasteiger partial charge in [0.1, 0.15) is 11.5 Å². The largest absolute Gasteiger partial charge is 0.392 e. The minimum atomic E-state index is -0.407. The summed E-state index contributed by atoms with van der Waals surface area (Å²) < 4.78 is 0. The summed E-state index contributed by atoms with van der Waals surface area (Å²) in [5.41, 5.74) is 0.496. The molecule has 0 saturated carbocycles. The lowest BCUT2D eigenvalue weighted by atomic mass is 10.1. The lowest BCUT2D eigenvalue weighted by Crippen LogP contribution is -2.53. The normalized spacial score (nSPS) is 21.3. The molecule has 1 aliphatic heterocycles. The first-order chi connectivity index (χ1) is 9.88. The summed E-state index contributed by atoms with van der Waals surface area (Å²) >= 11 is 0. The number of nitrogens with zero attached hydrogens (tertiary/aromatic N) is 4. The first-order valence-electron chi connectivity index (χ1n) is 7.17. The summed E-state index contributed by atoms with van der Waals surface area (Å²) in [7, 11) is 0. The Hall–Kier alpha value is -1.73. The molecule has 1 aromatic rings. The third-order valence-corrected chi connectivity index (χ3v) is 3.77. The highest BCUT2D eigenvalue weighted by molar-refractivity contribution is 5.47. The lowest BCUT2D eigenvalue weighted by Gasteiger charge is -2.41. The smallest absolute Gasteiger partial charge is 0.290 e. The molecule has 0 spiro atoms. The Morgan fingerprint density at radius 2 is 2.24 bits per heavy atom. The van der Waals surface area contributed by atoms with Crippen LogP contribution in [-0.2, 0) is 0 Å². The van der Waals surface area contributed by atoms with E-state index in [2.05, 4.69) is 21.7 Å². The van der Waals surface area contributed by atoms with Crippen molar-refractivity contribution in [1.82, 2.24) is 9.88 Å². The quantitative estimate of drug-likeness (QED) is 0.663. The molecule has 1 aliphatic rings. The van der Waals surface area contributed by atoms with Crippen LogP contribution in [0.3, 0.4) is 0 Å². The number of hydrogen-bond donors (Lipinski definition) is 1. The molecule has 2 atom stereocenters. The van der Waals surface area contributed by atoms with E-state index in [9.17, 15) is 15.2 Å². The first kappa shape index (κ1) is 15.7. The van der Waals surface area contributed by atoms with E-state index in [4.69, 9.17) is 0 Å². The lowest BCUT2D eigenvalue weighted by molar-refractivity contribution is -0.385. The number of anilines is 1. The van der Waals surface area contributed by atoms with Gasteiger partial charge in [-0.1, -0.05) is 0 Å². The minimum absolute atomic E-state index is 0.0548. The van der Waals surface area contributed by atoms with Crippen molar-refractivity contribution in [3.63, 3.8) is 0 Å². The summed E-state index contributed by atoms with van der Waals surface area (Å²) in [5, 5.41) is 20.3. The van der Waals surface area contributed by atoms with E-state index in [0.717, 1.165) is 25.5 Å². The van der Waals surface area contributed by atoms with Crippen LogP contribution in [0.1, 0.15) is 19.5 Å². The molecular formula is C14H22N4O3. The van der Waals surface area contributed by atoms with Crippen LogP contribution < -0.4 is 4.90 Å². The van der Waals surface area contributed by atoms with Gasteiger partial charge in [0, 0.05) is 38.3 Å². The van der Waals surface area contributed by atoms with Crippen molar-refractivity contribution >= 4 is 11.5 Å². The van der Waals surface area contributed by atoms with E-state index < -0.39 is 4.92 Å². The maximum atomic E-state index is 10.8. The van der Waals surface area contributed by atoms with E-state index >= 15 is 0 Å². The monoisotopic (exact) mass is 294 g/mol. The fraction of sp³-hybridized carbons (Fsp3) is 0.643. The highest BCUT2D eigenvalue weighted by Crippen LogP contribution is 2.23. The number of aliphatic hydroxyl groups is 1. The summed E-state index contributed by atoms with van der Waals surface area (Å²) in [6.07, 6.45) is -0.330. The van der Waals surface area contributed by atoms with Crippen LogP contribution in [0.4, 0.5) is 11.5 Å². The van der Waals surface area contributed by atoms with Crippen LogP contribution in [-0.4, -0.2) is 58.2 Å². The third kappa shape index (κ3) is 3.68. The fourth-order valence-corrected chi connectivity index (χ4v) is 2.81. The number of piperazine rings is 1. The molecule has 0 aromatic carbocycles. The Labute approximate surface area is 124 Å². The predicted molar refractivity (Wildman–Crippen MR) is 80.6 cm³/mol. The van der Waals surface area contributed by atoms with Gasteiger partial charge in [-0.15, -0.1) is 0 Å². The van der Waals surface area contributed by atoms with Crippen LogP contribution in [0.15, 0.2) is 12.1 Å². The zero-order valence-corrected chi connectivity index (χ0v) is 12.7. The second-order valence-electron chi connectivity index (χ2n) is 5.68. The van der Waals surface area contributed by atoms with Gasteiger partial charge in [-0.05, 0) is 26.8 Å². The van der Waals surface area contributed by atoms with Crippen molar-refractivity contribution in [2.75, 3.05) is 31.1 Å². The molecule has 1 aromatic heterocycles. The highest BCUT2D eigenvalue weighted by atomic mass is 16.6. The predicted octanol–water partition coefficient (Wildman–Crippen LogP) is 1.19. The van der Waals surface area contributed by atoms with Crippen LogP contribution in [0, 0.1) is 17.0 Å². The second-order valence-corrected chi connectivity index (χ2v) is 5.68. The minimum Gasteiger partial charge on any atom is -0.392 e. The molecule has 0 aliphatic carbocycles. The van der Waals surface area contributed by atoms with E-state index in [1.54, 1.807) is 19.9 Å². The number of nitro groups is 1. The number of aryl methyl sites for hydroxylation is 1.